The third kappa shape index (κ3) is 2.75. The van der Waals surface area contributed by atoms with E-state index in [0.29, 0.717) is 5.82 Å². The Labute approximate surface area is 116 Å². The summed E-state index contributed by atoms with van der Waals surface area (Å²) in [6.45, 7) is 0. The van der Waals surface area contributed by atoms with Gasteiger partial charge in [-0.25, -0.2) is 14.8 Å². The molecule has 1 aromatic heterocycles. The van der Waals surface area contributed by atoms with Crippen molar-refractivity contribution >= 4 is 11.8 Å². The first-order valence-corrected chi connectivity index (χ1v) is 5.95. The number of esters is 1. The summed E-state index contributed by atoms with van der Waals surface area (Å²) in [5, 5.41) is 0. The van der Waals surface area contributed by atoms with Gasteiger partial charge in [-0.1, -0.05) is 30.3 Å². The zero-order valence-corrected chi connectivity index (χ0v) is 11.2. The van der Waals surface area contributed by atoms with E-state index >= 15 is 0 Å². The molecule has 2 aromatic rings. The number of nitrogens with two attached hydrogens (primary N) is 1. The number of hydrogen-bond acceptors (Lipinski definition) is 6. The fraction of sp³-hybridized carbons (Fsp3) is 0.214. The normalized spacial score (nSPS) is 11.9. The van der Waals surface area contributed by atoms with E-state index < -0.39 is 12.1 Å². The van der Waals surface area contributed by atoms with Crippen molar-refractivity contribution in [3.63, 3.8) is 0 Å². The summed E-state index contributed by atoms with van der Waals surface area (Å²) in [6.07, 6.45) is 0.906. The number of rotatable bonds is 4. The van der Waals surface area contributed by atoms with Crippen LogP contribution < -0.4 is 5.73 Å². The molecule has 2 N–H and O–H groups in total. The minimum Gasteiger partial charge on any atom is -0.465 e. The van der Waals surface area contributed by atoms with Gasteiger partial charge >= 0.3 is 5.97 Å². The maximum absolute atomic E-state index is 11.4. The van der Waals surface area contributed by atoms with E-state index in [4.69, 9.17) is 10.5 Å². The largest absolute Gasteiger partial charge is 0.465 e. The second-order valence-electron chi connectivity index (χ2n) is 4.05. The summed E-state index contributed by atoms with van der Waals surface area (Å²) >= 11 is 0. The van der Waals surface area contributed by atoms with Crippen molar-refractivity contribution in [3.05, 3.63) is 53.5 Å². The topological polar surface area (TPSA) is 87.3 Å². The van der Waals surface area contributed by atoms with Gasteiger partial charge in [0.15, 0.2) is 5.82 Å². The lowest BCUT2D eigenvalue weighted by Gasteiger charge is -2.15. The van der Waals surface area contributed by atoms with E-state index in [1.165, 1.54) is 13.3 Å². The second-order valence-corrected chi connectivity index (χ2v) is 4.05. The number of anilines is 1. The molecule has 0 bridgehead atoms. The maximum atomic E-state index is 11.4. The zero-order valence-electron chi connectivity index (χ0n) is 11.2. The van der Waals surface area contributed by atoms with Crippen LogP contribution in [-0.2, 0) is 9.47 Å². The van der Waals surface area contributed by atoms with Crippen molar-refractivity contribution in [2.24, 2.45) is 0 Å². The highest BCUT2D eigenvalue weighted by atomic mass is 16.5. The van der Waals surface area contributed by atoms with Gasteiger partial charge in [-0.15, -0.1) is 0 Å². The fourth-order valence-electron chi connectivity index (χ4n) is 1.82. The Bertz CT molecular complexity index is 602. The van der Waals surface area contributed by atoms with Gasteiger partial charge in [0.2, 0.25) is 0 Å². The molecule has 0 fully saturated rings. The molecule has 1 atom stereocenters. The molecule has 1 heterocycles. The Kier molecular flexibility index (Phi) is 4.27. The molecule has 6 heteroatoms. The molecule has 1 aromatic carbocycles. The summed E-state index contributed by atoms with van der Waals surface area (Å²) in [4.78, 5) is 19.7. The van der Waals surface area contributed by atoms with Gasteiger partial charge in [0, 0.05) is 13.3 Å². The number of hydrogen-bond donors (Lipinski definition) is 1. The molecule has 1 unspecified atom stereocenters. The quantitative estimate of drug-likeness (QED) is 0.851. The Balaban J connectivity index is 2.37. The highest BCUT2D eigenvalue weighted by Crippen LogP contribution is 2.23. The van der Waals surface area contributed by atoms with Crippen LogP contribution in [0.25, 0.3) is 0 Å². The lowest BCUT2D eigenvalue weighted by molar-refractivity contribution is 0.0600. The average Bonchev–Trinajstić information content (AvgIpc) is 2.48. The summed E-state index contributed by atoms with van der Waals surface area (Å²) in [5.74, 6) is -0.105. The Morgan fingerprint density at radius 3 is 2.50 bits per heavy atom. The molecule has 6 nitrogen and oxygen atoms in total. The van der Waals surface area contributed by atoms with Crippen LogP contribution in [0.3, 0.4) is 0 Å². The van der Waals surface area contributed by atoms with E-state index in [-0.39, 0.29) is 11.4 Å². The number of ether oxygens (including phenoxy) is 2. The molecular weight excluding hydrogens is 258 g/mol. The average molecular weight is 273 g/mol. The van der Waals surface area contributed by atoms with Crippen LogP contribution in [0.4, 0.5) is 5.82 Å². The SMILES string of the molecule is COC(=O)c1cnc(C(OC)c2ccccc2)nc1N. The van der Waals surface area contributed by atoms with Crippen molar-refractivity contribution in [3.8, 4) is 0 Å². The lowest BCUT2D eigenvalue weighted by Crippen LogP contribution is -2.14. The fourth-order valence-corrected chi connectivity index (χ4v) is 1.82. The molecule has 20 heavy (non-hydrogen) atoms. The predicted molar refractivity (Wildman–Crippen MR) is 73.1 cm³/mol. The molecule has 104 valence electrons. The highest BCUT2D eigenvalue weighted by molar-refractivity contribution is 5.93. The minimum absolute atomic E-state index is 0.0693. The van der Waals surface area contributed by atoms with E-state index in [0.717, 1.165) is 5.56 Å². The van der Waals surface area contributed by atoms with E-state index in [1.54, 1.807) is 7.11 Å². The number of carbonyl (C=O) groups is 1. The van der Waals surface area contributed by atoms with Crippen molar-refractivity contribution in [1.29, 1.82) is 0 Å². The number of nitrogens with zero attached hydrogens (tertiary/aromatic N) is 2. The Morgan fingerprint density at radius 1 is 1.25 bits per heavy atom. The van der Waals surface area contributed by atoms with Crippen LogP contribution in [0, 0.1) is 0 Å². The third-order valence-electron chi connectivity index (χ3n) is 2.81. The van der Waals surface area contributed by atoms with Gasteiger partial charge in [0.05, 0.1) is 7.11 Å². The Hall–Kier alpha value is -2.47. The molecule has 0 saturated carbocycles. The van der Waals surface area contributed by atoms with Crippen molar-refractivity contribution < 1.29 is 14.3 Å². The number of methoxy groups -OCH3 is 2. The van der Waals surface area contributed by atoms with Crippen LogP contribution in [0.15, 0.2) is 36.5 Å². The standard InChI is InChI=1S/C14H15N3O3/c1-19-11(9-6-4-3-5-7-9)13-16-8-10(12(15)17-13)14(18)20-2/h3-8,11H,1-2H3,(H2,15,16,17). The first kappa shape index (κ1) is 14.0. The van der Waals surface area contributed by atoms with Crippen LogP contribution in [-0.4, -0.2) is 30.2 Å². The molecular formula is C14H15N3O3. The van der Waals surface area contributed by atoms with E-state index in [2.05, 4.69) is 14.7 Å². The van der Waals surface area contributed by atoms with Gasteiger partial charge in [-0.3, -0.25) is 0 Å². The van der Waals surface area contributed by atoms with Crippen LogP contribution in [0.1, 0.15) is 27.8 Å². The summed E-state index contributed by atoms with van der Waals surface area (Å²) in [5.41, 5.74) is 6.80. The number of carbonyl (C=O) groups excluding carboxylic acids is 1. The van der Waals surface area contributed by atoms with Gasteiger partial charge < -0.3 is 15.2 Å². The summed E-state index contributed by atoms with van der Waals surface area (Å²) < 4.78 is 10.0. The van der Waals surface area contributed by atoms with E-state index in [1.807, 2.05) is 30.3 Å². The number of aromatic nitrogens is 2. The summed E-state index contributed by atoms with van der Waals surface area (Å²) in [6, 6.07) is 9.51. The van der Waals surface area contributed by atoms with Gasteiger partial charge in [-0.05, 0) is 5.56 Å². The van der Waals surface area contributed by atoms with E-state index in [9.17, 15) is 4.79 Å². The zero-order chi connectivity index (χ0) is 14.5. The van der Waals surface area contributed by atoms with Gasteiger partial charge in [0.25, 0.3) is 0 Å². The van der Waals surface area contributed by atoms with Crippen LogP contribution in [0.2, 0.25) is 0 Å². The van der Waals surface area contributed by atoms with Crippen LogP contribution in [0.5, 0.6) is 0 Å². The lowest BCUT2D eigenvalue weighted by atomic mass is 10.1. The first-order valence-electron chi connectivity index (χ1n) is 5.95. The number of nitrogen functional groups attached to an aromatic ring is 1. The molecule has 0 aliphatic carbocycles. The summed E-state index contributed by atoms with van der Waals surface area (Å²) in [7, 11) is 2.84. The molecule has 0 spiro atoms. The Morgan fingerprint density at radius 2 is 1.95 bits per heavy atom. The molecule has 0 saturated heterocycles. The molecule has 0 amide bonds. The molecule has 2 rings (SSSR count). The predicted octanol–water partition coefficient (Wildman–Crippen LogP) is 1.58. The van der Waals surface area contributed by atoms with Gasteiger partial charge in [-0.2, -0.15) is 0 Å². The molecule has 0 aliphatic rings. The maximum Gasteiger partial charge on any atom is 0.343 e. The van der Waals surface area contributed by atoms with Crippen molar-refractivity contribution in [1.82, 2.24) is 9.97 Å². The minimum atomic E-state index is -0.567. The second kappa shape index (κ2) is 6.12. The van der Waals surface area contributed by atoms with Gasteiger partial charge in [0.1, 0.15) is 17.5 Å². The highest BCUT2D eigenvalue weighted by Gasteiger charge is 2.19. The monoisotopic (exact) mass is 273 g/mol. The van der Waals surface area contributed by atoms with Crippen molar-refractivity contribution in [2.75, 3.05) is 20.0 Å². The molecule has 0 radical (unpaired) electrons. The van der Waals surface area contributed by atoms with Crippen LogP contribution >= 0.6 is 0 Å². The molecule has 0 aliphatic heterocycles. The smallest absolute Gasteiger partial charge is 0.343 e. The number of benzene rings is 1. The van der Waals surface area contributed by atoms with Crippen molar-refractivity contribution in [2.45, 2.75) is 6.10 Å². The first-order chi connectivity index (χ1) is 9.67. The third-order valence-corrected chi connectivity index (χ3v) is 2.81.